The summed E-state index contributed by atoms with van der Waals surface area (Å²) >= 11 is 0. The molecule has 0 spiro atoms. The maximum atomic E-state index is 12.0. The van der Waals surface area contributed by atoms with Crippen LogP contribution >= 0.6 is 0 Å². The Morgan fingerprint density at radius 3 is 2.79 bits per heavy atom. The first-order valence-corrected chi connectivity index (χ1v) is 7.19. The number of rotatable bonds is 5. The Balaban J connectivity index is 1.65. The second kappa shape index (κ2) is 6.86. The molecule has 0 aliphatic carbocycles. The fourth-order valence-corrected chi connectivity index (χ4v) is 2.67. The van der Waals surface area contributed by atoms with Crippen molar-refractivity contribution in [2.24, 2.45) is 5.92 Å². The van der Waals surface area contributed by atoms with E-state index in [1.807, 2.05) is 6.92 Å². The fourth-order valence-electron chi connectivity index (χ4n) is 2.67. The van der Waals surface area contributed by atoms with Crippen LogP contribution in [-0.2, 0) is 9.59 Å². The lowest BCUT2D eigenvalue weighted by atomic mass is 10.1. The first-order valence-electron chi connectivity index (χ1n) is 7.19. The van der Waals surface area contributed by atoms with E-state index in [9.17, 15) is 9.59 Å². The molecular formula is C13H24N4O2. The standard InChI is InChI=1S/C13H24N4O2/c1-2-17-10-11(9-12(17)18)13(19)15-5-8-16-6-3-14-4-7-16/h11,14H,2-10H2,1H3,(H,15,19). The molecule has 1 unspecified atom stereocenters. The van der Waals surface area contributed by atoms with Crippen molar-refractivity contribution in [1.29, 1.82) is 0 Å². The van der Waals surface area contributed by atoms with Crippen LogP contribution in [0, 0.1) is 5.92 Å². The van der Waals surface area contributed by atoms with E-state index in [0.29, 0.717) is 26.1 Å². The Morgan fingerprint density at radius 2 is 2.16 bits per heavy atom. The van der Waals surface area contributed by atoms with Gasteiger partial charge in [0.25, 0.3) is 0 Å². The summed E-state index contributed by atoms with van der Waals surface area (Å²) in [6.07, 6.45) is 0.368. The largest absolute Gasteiger partial charge is 0.355 e. The predicted molar refractivity (Wildman–Crippen MR) is 72.7 cm³/mol. The maximum Gasteiger partial charge on any atom is 0.225 e. The van der Waals surface area contributed by atoms with Gasteiger partial charge in [0.2, 0.25) is 11.8 Å². The lowest BCUT2D eigenvalue weighted by molar-refractivity contribution is -0.128. The highest BCUT2D eigenvalue weighted by Gasteiger charge is 2.33. The molecule has 0 saturated carbocycles. The third kappa shape index (κ3) is 3.91. The lowest BCUT2D eigenvalue weighted by Gasteiger charge is -2.27. The highest BCUT2D eigenvalue weighted by atomic mass is 16.2. The van der Waals surface area contributed by atoms with Gasteiger partial charge in [-0.15, -0.1) is 0 Å². The van der Waals surface area contributed by atoms with E-state index < -0.39 is 0 Å². The Kier molecular flexibility index (Phi) is 5.15. The third-order valence-corrected chi connectivity index (χ3v) is 3.90. The number of likely N-dealkylation sites (tertiary alicyclic amines) is 1. The first kappa shape index (κ1) is 14.3. The zero-order valence-electron chi connectivity index (χ0n) is 11.7. The summed E-state index contributed by atoms with van der Waals surface area (Å²) in [4.78, 5) is 27.6. The molecule has 2 saturated heterocycles. The van der Waals surface area contributed by atoms with Crippen molar-refractivity contribution < 1.29 is 9.59 Å². The van der Waals surface area contributed by atoms with E-state index in [-0.39, 0.29) is 17.7 Å². The van der Waals surface area contributed by atoms with Crippen LogP contribution in [0.2, 0.25) is 0 Å². The van der Waals surface area contributed by atoms with Gasteiger partial charge in [-0.2, -0.15) is 0 Å². The zero-order valence-corrected chi connectivity index (χ0v) is 11.7. The van der Waals surface area contributed by atoms with Crippen LogP contribution in [0.15, 0.2) is 0 Å². The van der Waals surface area contributed by atoms with E-state index >= 15 is 0 Å². The SMILES string of the molecule is CCN1CC(C(=O)NCCN2CCNCC2)CC1=O. The summed E-state index contributed by atoms with van der Waals surface area (Å²) in [5.74, 6) is -0.0281. The molecule has 2 aliphatic rings. The molecule has 2 aliphatic heterocycles. The Hall–Kier alpha value is -1.14. The second-order valence-corrected chi connectivity index (χ2v) is 5.22. The Morgan fingerprint density at radius 1 is 1.42 bits per heavy atom. The van der Waals surface area contributed by atoms with Gasteiger partial charge in [-0.1, -0.05) is 0 Å². The fraction of sp³-hybridized carbons (Fsp3) is 0.846. The summed E-state index contributed by atoms with van der Waals surface area (Å²) in [6, 6.07) is 0. The van der Waals surface area contributed by atoms with Crippen molar-refractivity contribution in [2.45, 2.75) is 13.3 Å². The molecule has 2 fully saturated rings. The molecule has 6 nitrogen and oxygen atoms in total. The minimum absolute atomic E-state index is 0.0273. The van der Waals surface area contributed by atoms with Crippen LogP contribution in [-0.4, -0.2) is 74.0 Å². The summed E-state index contributed by atoms with van der Waals surface area (Å²) in [7, 11) is 0. The van der Waals surface area contributed by atoms with E-state index in [4.69, 9.17) is 0 Å². The topological polar surface area (TPSA) is 64.7 Å². The molecule has 0 aromatic rings. The number of carbonyl (C=O) groups is 2. The average Bonchev–Trinajstić information content (AvgIpc) is 2.81. The predicted octanol–water partition coefficient (Wildman–Crippen LogP) is -1.12. The molecule has 0 aromatic heterocycles. The molecule has 0 radical (unpaired) electrons. The number of nitrogens with one attached hydrogen (secondary N) is 2. The van der Waals surface area contributed by atoms with Crippen molar-refractivity contribution in [3.05, 3.63) is 0 Å². The monoisotopic (exact) mass is 268 g/mol. The van der Waals surface area contributed by atoms with Gasteiger partial charge in [0.05, 0.1) is 5.92 Å². The molecule has 0 bridgehead atoms. The van der Waals surface area contributed by atoms with Crippen molar-refractivity contribution in [3.8, 4) is 0 Å². The van der Waals surface area contributed by atoms with Crippen LogP contribution < -0.4 is 10.6 Å². The van der Waals surface area contributed by atoms with Crippen LogP contribution in [0.5, 0.6) is 0 Å². The van der Waals surface area contributed by atoms with Crippen molar-refractivity contribution in [2.75, 3.05) is 52.4 Å². The highest BCUT2D eigenvalue weighted by molar-refractivity contribution is 5.89. The third-order valence-electron chi connectivity index (χ3n) is 3.90. The molecule has 1 atom stereocenters. The van der Waals surface area contributed by atoms with E-state index in [1.165, 1.54) is 0 Å². The molecule has 2 amide bonds. The molecule has 108 valence electrons. The van der Waals surface area contributed by atoms with E-state index in [0.717, 1.165) is 32.7 Å². The second-order valence-electron chi connectivity index (χ2n) is 5.22. The van der Waals surface area contributed by atoms with Gasteiger partial charge >= 0.3 is 0 Å². The van der Waals surface area contributed by atoms with Crippen LogP contribution in [0.4, 0.5) is 0 Å². The zero-order chi connectivity index (χ0) is 13.7. The minimum atomic E-state index is -0.157. The quantitative estimate of drug-likeness (QED) is 0.663. The maximum absolute atomic E-state index is 12.0. The highest BCUT2D eigenvalue weighted by Crippen LogP contribution is 2.17. The first-order chi connectivity index (χ1) is 9.20. The molecule has 19 heavy (non-hydrogen) atoms. The summed E-state index contributed by atoms with van der Waals surface area (Å²) in [6.45, 7) is 8.93. The smallest absolute Gasteiger partial charge is 0.225 e. The number of nitrogens with zero attached hydrogens (tertiary/aromatic N) is 2. The molecule has 0 aromatic carbocycles. The van der Waals surface area contributed by atoms with Gasteiger partial charge in [0, 0.05) is 58.8 Å². The van der Waals surface area contributed by atoms with Gasteiger partial charge in [0.15, 0.2) is 0 Å². The van der Waals surface area contributed by atoms with E-state index in [1.54, 1.807) is 4.90 Å². The van der Waals surface area contributed by atoms with Gasteiger partial charge < -0.3 is 15.5 Å². The number of amides is 2. The number of hydrogen-bond acceptors (Lipinski definition) is 4. The van der Waals surface area contributed by atoms with Gasteiger partial charge in [0.1, 0.15) is 0 Å². The Labute approximate surface area is 114 Å². The van der Waals surface area contributed by atoms with Gasteiger partial charge in [-0.05, 0) is 6.92 Å². The minimum Gasteiger partial charge on any atom is -0.355 e. The van der Waals surface area contributed by atoms with Crippen molar-refractivity contribution >= 4 is 11.8 Å². The molecule has 6 heteroatoms. The average molecular weight is 268 g/mol. The Bertz CT molecular complexity index is 329. The van der Waals surface area contributed by atoms with Gasteiger partial charge in [-0.25, -0.2) is 0 Å². The van der Waals surface area contributed by atoms with Crippen LogP contribution in [0.1, 0.15) is 13.3 Å². The number of piperazine rings is 1. The molecule has 2 N–H and O–H groups in total. The van der Waals surface area contributed by atoms with E-state index in [2.05, 4.69) is 15.5 Å². The molecule has 2 heterocycles. The van der Waals surface area contributed by atoms with Gasteiger partial charge in [-0.3, -0.25) is 14.5 Å². The molecule has 2 rings (SSSR count). The summed E-state index contributed by atoms with van der Waals surface area (Å²) < 4.78 is 0. The summed E-state index contributed by atoms with van der Waals surface area (Å²) in [5, 5.41) is 6.26. The van der Waals surface area contributed by atoms with Crippen LogP contribution in [0.25, 0.3) is 0 Å². The normalized spacial score (nSPS) is 24.8. The summed E-state index contributed by atoms with van der Waals surface area (Å²) in [5.41, 5.74) is 0. The van der Waals surface area contributed by atoms with Crippen LogP contribution in [0.3, 0.4) is 0 Å². The van der Waals surface area contributed by atoms with Crippen molar-refractivity contribution in [3.63, 3.8) is 0 Å². The number of hydrogen-bond donors (Lipinski definition) is 2. The number of carbonyl (C=O) groups excluding carboxylic acids is 2. The molecular weight excluding hydrogens is 244 g/mol. The van der Waals surface area contributed by atoms with Crippen molar-refractivity contribution in [1.82, 2.24) is 20.4 Å². The lowest BCUT2D eigenvalue weighted by Crippen LogP contribution is -2.46.